The Balaban J connectivity index is 0.000000266. The number of nitro benzene ring substituents is 2. The van der Waals surface area contributed by atoms with Crippen molar-refractivity contribution in [2.75, 3.05) is 19.8 Å². The van der Waals surface area contributed by atoms with Gasteiger partial charge in [-0.15, -0.1) is 0 Å². The Bertz CT molecular complexity index is 1280. The molecule has 0 saturated carbocycles. The Morgan fingerprint density at radius 2 is 1.49 bits per heavy atom. The van der Waals surface area contributed by atoms with E-state index in [-0.39, 0.29) is 11.3 Å². The van der Waals surface area contributed by atoms with Gasteiger partial charge >= 0.3 is 12.4 Å². The molecule has 0 bridgehead atoms. The number of nitrogens with zero attached hydrogens (tertiary/aromatic N) is 3. The third-order valence-electron chi connectivity index (χ3n) is 4.42. The van der Waals surface area contributed by atoms with Crippen molar-refractivity contribution in [3.05, 3.63) is 79.6 Å². The van der Waals surface area contributed by atoms with Crippen molar-refractivity contribution in [2.24, 2.45) is 0 Å². The molecule has 15 heteroatoms. The lowest BCUT2D eigenvalue weighted by Crippen LogP contribution is -2.10. The van der Waals surface area contributed by atoms with E-state index in [1.54, 1.807) is 26.4 Å². The summed E-state index contributed by atoms with van der Waals surface area (Å²) in [5, 5.41) is 22.0. The minimum absolute atomic E-state index is 0.257. The van der Waals surface area contributed by atoms with Crippen LogP contribution in [0.5, 0.6) is 0 Å². The monoisotopic (exact) mass is 505 g/mol. The lowest BCUT2D eigenvalue weighted by molar-refractivity contribution is -0.396. The number of nitrogens with one attached hydrogen (secondary N) is 1. The topological polar surface area (TPSA) is 131 Å². The molecule has 0 saturated heterocycles. The van der Waals surface area contributed by atoms with Crippen LogP contribution in [-0.4, -0.2) is 33.8 Å². The number of nitrogen functional groups attached to an aromatic ring is 1. The second-order valence-corrected chi connectivity index (χ2v) is 7.22. The molecule has 0 aliphatic carbocycles. The van der Waals surface area contributed by atoms with Crippen molar-refractivity contribution in [3.63, 3.8) is 0 Å². The molecule has 0 radical (unpaired) electrons. The van der Waals surface area contributed by atoms with E-state index < -0.39 is 44.7 Å². The summed E-state index contributed by atoms with van der Waals surface area (Å²) in [4.78, 5) is 23.5. The molecular formula is C20H17F6N5O4. The minimum atomic E-state index is -4.99. The number of H-pyrrole nitrogens is 1. The van der Waals surface area contributed by atoms with Crippen LogP contribution in [0.15, 0.2) is 42.7 Å². The first kappa shape index (κ1) is 26.9. The maximum atomic E-state index is 12.8. The molecule has 0 aliphatic rings. The first-order valence-corrected chi connectivity index (χ1v) is 9.34. The van der Waals surface area contributed by atoms with Gasteiger partial charge in [0, 0.05) is 36.9 Å². The van der Waals surface area contributed by atoms with Crippen LogP contribution in [0.4, 0.5) is 43.4 Å². The number of nitrogens with two attached hydrogens (primary N) is 1. The number of fused-ring (bicyclic) bond motifs is 1. The maximum Gasteiger partial charge on any atom is 0.423 e. The summed E-state index contributed by atoms with van der Waals surface area (Å²) in [7, 11) is 3.14. The number of hydrogen-bond donors (Lipinski definition) is 2. The third-order valence-corrected chi connectivity index (χ3v) is 4.42. The zero-order valence-electron chi connectivity index (χ0n) is 17.9. The van der Waals surface area contributed by atoms with Crippen molar-refractivity contribution in [2.45, 2.75) is 12.4 Å². The molecule has 188 valence electrons. The lowest BCUT2D eigenvalue weighted by atomic mass is 10.1. The Morgan fingerprint density at radius 3 is 1.97 bits per heavy atom. The lowest BCUT2D eigenvalue weighted by Gasteiger charge is -2.09. The first-order valence-electron chi connectivity index (χ1n) is 9.34. The molecule has 9 nitrogen and oxygen atoms in total. The highest BCUT2D eigenvalue weighted by Gasteiger charge is 2.40. The Hall–Kier alpha value is -4.30. The van der Waals surface area contributed by atoms with Crippen LogP contribution in [0.25, 0.3) is 17.0 Å². The molecule has 0 amide bonds. The number of aromatic nitrogens is 1. The molecule has 3 aromatic rings. The van der Waals surface area contributed by atoms with Crippen molar-refractivity contribution in [3.8, 4) is 0 Å². The summed E-state index contributed by atoms with van der Waals surface area (Å²) in [6, 6.07) is 4.62. The Kier molecular flexibility index (Phi) is 7.63. The SMILES string of the molecule is CN(C)/C=C/c1cc(C(F)(F)F)c([N+](=O)[O-])cc1[N+](=O)[O-].Nc1cc2[nH]ccc2cc1C(F)(F)F. The van der Waals surface area contributed by atoms with Crippen LogP contribution >= 0.6 is 0 Å². The average molecular weight is 505 g/mol. The van der Waals surface area contributed by atoms with Gasteiger partial charge in [0.2, 0.25) is 0 Å². The summed E-state index contributed by atoms with van der Waals surface area (Å²) in [6.45, 7) is 0. The van der Waals surface area contributed by atoms with Crippen molar-refractivity contribution < 1.29 is 36.2 Å². The summed E-state index contributed by atoms with van der Waals surface area (Å²) in [5.41, 5.74) is 0.833. The van der Waals surface area contributed by atoms with E-state index >= 15 is 0 Å². The van der Waals surface area contributed by atoms with Crippen molar-refractivity contribution in [1.82, 2.24) is 9.88 Å². The van der Waals surface area contributed by atoms with Crippen LogP contribution < -0.4 is 5.73 Å². The average Bonchev–Trinajstić information content (AvgIpc) is 3.17. The third kappa shape index (κ3) is 6.61. The quantitative estimate of drug-likeness (QED) is 0.199. The van der Waals surface area contributed by atoms with Gasteiger partial charge in [0.15, 0.2) is 0 Å². The molecule has 0 atom stereocenters. The number of halogens is 6. The number of nitro groups is 2. The van der Waals surface area contributed by atoms with E-state index in [0.717, 1.165) is 12.1 Å². The highest BCUT2D eigenvalue weighted by atomic mass is 19.4. The molecular weight excluding hydrogens is 488 g/mol. The van der Waals surface area contributed by atoms with Gasteiger partial charge in [-0.3, -0.25) is 20.2 Å². The predicted octanol–water partition coefficient (Wildman–Crippen LogP) is 5.82. The number of alkyl halides is 6. The number of rotatable bonds is 4. The van der Waals surface area contributed by atoms with Crippen LogP contribution in [0.1, 0.15) is 16.7 Å². The van der Waals surface area contributed by atoms with Crippen LogP contribution in [0.3, 0.4) is 0 Å². The van der Waals surface area contributed by atoms with Gasteiger partial charge in [-0.25, -0.2) is 0 Å². The fraction of sp³-hybridized carbons (Fsp3) is 0.200. The van der Waals surface area contributed by atoms with Gasteiger partial charge in [0.05, 0.1) is 27.0 Å². The first-order chi connectivity index (χ1) is 16.0. The van der Waals surface area contributed by atoms with Gasteiger partial charge in [-0.2, -0.15) is 26.3 Å². The molecule has 3 rings (SSSR count). The van der Waals surface area contributed by atoms with Crippen LogP contribution in [-0.2, 0) is 12.4 Å². The van der Waals surface area contributed by atoms with Crippen LogP contribution in [0.2, 0.25) is 0 Å². The summed E-state index contributed by atoms with van der Waals surface area (Å²) >= 11 is 0. The zero-order chi connectivity index (χ0) is 26.7. The van der Waals surface area contributed by atoms with Gasteiger partial charge in [-0.1, -0.05) is 0 Å². The van der Waals surface area contributed by atoms with E-state index in [4.69, 9.17) is 5.73 Å². The molecule has 3 N–H and O–H groups in total. The molecule has 2 aromatic carbocycles. The normalized spacial score (nSPS) is 11.9. The number of anilines is 1. The van der Waals surface area contributed by atoms with E-state index in [1.165, 1.54) is 17.2 Å². The smallest absolute Gasteiger partial charge is 0.398 e. The summed E-state index contributed by atoms with van der Waals surface area (Å²) in [6.07, 6.45) is -5.43. The molecule has 1 heterocycles. The molecule has 0 aliphatic heterocycles. The number of benzene rings is 2. The molecule has 0 fully saturated rings. The van der Waals surface area contributed by atoms with Gasteiger partial charge in [-0.05, 0) is 36.5 Å². The fourth-order valence-electron chi connectivity index (χ4n) is 2.86. The second kappa shape index (κ2) is 9.90. The van der Waals surface area contributed by atoms with Crippen LogP contribution in [0, 0.1) is 20.2 Å². The molecule has 0 unspecified atom stereocenters. The highest BCUT2D eigenvalue weighted by molar-refractivity contribution is 5.84. The highest BCUT2D eigenvalue weighted by Crippen LogP contribution is 2.40. The van der Waals surface area contributed by atoms with Gasteiger partial charge in [0.1, 0.15) is 5.56 Å². The molecule has 0 spiro atoms. The second-order valence-electron chi connectivity index (χ2n) is 7.22. The summed E-state index contributed by atoms with van der Waals surface area (Å²) in [5.74, 6) is 0. The Labute approximate surface area is 192 Å². The van der Waals surface area contributed by atoms with E-state index in [0.29, 0.717) is 23.0 Å². The largest absolute Gasteiger partial charge is 0.423 e. The molecule has 1 aromatic heterocycles. The van der Waals surface area contributed by atoms with Crippen molar-refractivity contribution >= 4 is 34.0 Å². The van der Waals surface area contributed by atoms with Crippen molar-refractivity contribution in [1.29, 1.82) is 0 Å². The maximum absolute atomic E-state index is 12.8. The predicted molar refractivity (Wildman–Crippen MR) is 115 cm³/mol. The fourth-order valence-corrected chi connectivity index (χ4v) is 2.86. The van der Waals surface area contributed by atoms with E-state index in [1.807, 2.05) is 0 Å². The van der Waals surface area contributed by atoms with E-state index in [9.17, 15) is 46.6 Å². The molecule has 35 heavy (non-hydrogen) atoms. The zero-order valence-corrected chi connectivity index (χ0v) is 17.9. The number of aromatic amines is 1. The van der Waals surface area contributed by atoms with Gasteiger partial charge in [0.25, 0.3) is 11.4 Å². The Morgan fingerprint density at radius 1 is 0.914 bits per heavy atom. The number of hydrogen-bond acceptors (Lipinski definition) is 6. The summed E-state index contributed by atoms with van der Waals surface area (Å²) < 4.78 is 75.6. The minimum Gasteiger partial charge on any atom is -0.398 e. The standard InChI is InChI=1S/C11H10F3N3O4.C9H7F3N2/c1-15(2)4-3-7-5-8(11(12,13)14)10(17(20)21)6-9(7)16(18)19;10-9(11,12)6-3-5-1-2-14-8(5)4-7(6)13/h3-6H,1-2H3;1-4,14H,13H2/b4-3+;. The van der Waals surface area contributed by atoms with Gasteiger partial charge < -0.3 is 15.6 Å². The van der Waals surface area contributed by atoms with E-state index in [2.05, 4.69) is 4.98 Å².